The highest BCUT2D eigenvalue weighted by molar-refractivity contribution is 5.99. The number of nitrogens with one attached hydrogen (secondary N) is 2. The summed E-state index contributed by atoms with van der Waals surface area (Å²) in [7, 11) is 3.66. The topological polar surface area (TPSA) is 87.2 Å². The van der Waals surface area contributed by atoms with Gasteiger partial charge in [0, 0.05) is 55.3 Å². The van der Waals surface area contributed by atoms with Gasteiger partial charge in [-0.05, 0) is 43.0 Å². The van der Waals surface area contributed by atoms with Gasteiger partial charge in [-0.2, -0.15) is 0 Å². The van der Waals surface area contributed by atoms with E-state index in [-0.39, 0.29) is 23.7 Å². The second kappa shape index (κ2) is 8.55. The molecule has 2 fully saturated rings. The molecule has 3 heterocycles. The Morgan fingerprint density at radius 2 is 1.85 bits per heavy atom. The number of carbonyl (C=O) groups is 2. The highest BCUT2D eigenvalue weighted by atomic mass is 16.2. The minimum Gasteiger partial charge on any atom is -0.373 e. The van der Waals surface area contributed by atoms with E-state index in [1.165, 1.54) is 0 Å². The molecule has 5 rings (SSSR count). The zero-order valence-corrected chi connectivity index (χ0v) is 18.7. The van der Waals surface area contributed by atoms with Gasteiger partial charge in [0.05, 0.1) is 11.5 Å². The van der Waals surface area contributed by atoms with Crippen molar-refractivity contribution in [2.45, 2.75) is 25.2 Å². The van der Waals surface area contributed by atoms with Crippen molar-refractivity contribution in [2.24, 2.45) is 5.92 Å². The lowest BCUT2D eigenvalue weighted by atomic mass is 9.97. The number of hydrogen-bond acceptors (Lipinski definition) is 5. The molecule has 7 heteroatoms. The molecule has 2 aliphatic rings. The van der Waals surface area contributed by atoms with Crippen molar-refractivity contribution in [1.29, 1.82) is 0 Å². The summed E-state index contributed by atoms with van der Waals surface area (Å²) >= 11 is 0. The van der Waals surface area contributed by atoms with Gasteiger partial charge in [0.2, 0.25) is 11.8 Å². The van der Waals surface area contributed by atoms with E-state index in [9.17, 15) is 9.59 Å². The summed E-state index contributed by atoms with van der Waals surface area (Å²) in [6.45, 7) is 0.797. The molecule has 1 aliphatic heterocycles. The van der Waals surface area contributed by atoms with E-state index in [2.05, 4.69) is 32.4 Å². The molecule has 0 bridgehead atoms. The third kappa shape index (κ3) is 4.24. The molecule has 1 saturated carbocycles. The van der Waals surface area contributed by atoms with Crippen LogP contribution >= 0.6 is 0 Å². The molecule has 2 aromatic heterocycles. The highest BCUT2D eigenvalue weighted by Crippen LogP contribution is 2.31. The predicted molar refractivity (Wildman–Crippen MR) is 128 cm³/mol. The Morgan fingerprint density at radius 1 is 1.06 bits per heavy atom. The van der Waals surface area contributed by atoms with Crippen LogP contribution in [0.15, 0.2) is 42.7 Å². The van der Waals surface area contributed by atoms with Crippen LogP contribution in [0.2, 0.25) is 0 Å². The van der Waals surface area contributed by atoms with Gasteiger partial charge in [0.25, 0.3) is 0 Å². The zero-order chi connectivity index (χ0) is 22.9. The van der Waals surface area contributed by atoms with Gasteiger partial charge in [-0.15, -0.1) is 0 Å². The summed E-state index contributed by atoms with van der Waals surface area (Å²) in [4.78, 5) is 35.1. The number of pyridine rings is 2. The molecule has 1 aromatic carbocycles. The van der Waals surface area contributed by atoms with Crippen LogP contribution in [0, 0.1) is 17.8 Å². The molecule has 0 radical (unpaired) electrons. The van der Waals surface area contributed by atoms with Crippen LogP contribution in [0.5, 0.6) is 0 Å². The number of benzene rings is 1. The Labute approximate surface area is 192 Å². The first kappa shape index (κ1) is 21.0. The molecule has 1 aliphatic carbocycles. The molecule has 1 atom stereocenters. The van der Waals surface area contributed by atoms with Crippen LogP contribution in [-0.4, -0.2) is 47.3 Å². The van der Waals surface area contributed by atoms with E-state index in [0.29, 0.717) is 11.6 Å². The molecule has 2 amide bonds. The number of fused-ring (bicyclic) bond motifs is 1. The standard InChI is InChI=1S/C26H25N5O2/c1-27-24-22-15-28-23(30-25(32)18-9-10-18)13-21(22)19(14-29-24)8-5-16-3-6-17(7-4-16)20-11-12-31(2)26(20)33/h3-4,6-7,13-15,18,20H,9-12H2,1-2H3,(H,27,29)(H,28,30,32). The first-order chi connectivity index (χ1) is 16.0. The number of rotatable bonds is 4. The van der Waals surface area contributed by atoms with E-state index >= 15 is 0 Å². The Morgan fingerprint density at radius 3 is 2.52 bits per heavy atom. The van der Waals surface area contributed by atoms with Crippen molar-refractivity contribution in [2.75, 3.05) is 31.3 Å². The molecule has 1 unspecified atom stereocenters. The van der Waals surface area contributed by atoms with E-state index in [1.807, 2.05) is 44.4 Å². The van der Waals surface area contributed by atoms with Crippen LogP contribution in [-0.2, 0) is 9.59 Å². The molecule has 33 heavy (non-hydrogen) atoms. The Hall–Kier alpha value is -3.92. The highest BCUT2D eigenvalue weighted by Gasteiger charge is 2.30. The van der Waals surface area contributed by atoms with Gasteiger partial charge < -0.3 is 15.5 Å². The fourth-order valence-corrected chi connectivity index (χ4v) is 4.15. The maximum atomic E-state index is 12.3. The molecule has 1 saturated heterocycles. The number of carbonyl (C=O) groups excluding carboxylic acids is 2. The van der Waals surface area contributed by atoms with Gasteiger partial charge in [-0.3, -0.25) is 9.59 Å². The number of nitrogens with zero attached hydrogens (tertiary/aromatic N) is 3. The van der Waals surface area contributed by atoms with E-state index in [1.54, 1.807) is 17.3 Å². The molecular weight excluding hydrogens is 414 g/mol. The van der Waals surface area contributed by atoms with Crippen LogP contribution in [0.25, 0.3) is 10.8 Å². The number of aromatic nitrogens is 2. The van der Waals surface area contributed by atoms with Gasteiger partial charge in [0.15, 0.2) is 0 Å². The van der Waals surface area contributed by atoms with Crippen molar-refractivity contribution in [3.05, 3.63) is 59.4 Å². The Balaban J connectivity index is 1.43. The van der Waals surface area contributed by atoms with Crippen LogP contribution in [0.4, 0.5) is 11.6 Å². The fourth-order valence-electron chi connectivity index (χ4n) is 4.15. The number of likely N-dealkylation sites (N-methyl/N-ethyl adjacent to an activating group) is 1. The smallest absolute Gasteiger partial charge is 0.229 e. The summed E-state index contributed by atoms with van der Waals surface area (Å²) in [6.07, 6.45) is 6.17. The first-order valence-corrected chi connectivity index (χ1v) is 11.2. The van der Waals surface area contributed by atoms with Crippen molar-refractivity contribution >= 4 is 34.2 Å². The average Bonchev–Trinajstić information content (AvgIpc) is 3.64. The second-order valence-electron chi connectivity index (χ2n) is 8.62. The summed E-state index contributed by atoms with van der Waals surface area (Å²) in [5.41, 5.74) is 2.65. The maximum absolute atomic E-state index is 12.3. The maximum Gasteiger partial charge on any atom is 0.229 e. The van der Waals surface area contributed by atoms with Crippen molar-refractivity contribution in [1.82, 2.24) is 14.9 Å². The summed E-state index contributed by atoms with van der Waals surface area (Å²) < 4.78 is 0. The molecular formula is C26H25N5O2. The summed E-state index contributed by atoms with van der Waals surface area (Å²) in [5, 5.41) is 7.70. The summed E-state index contributed by atoms with van der Waals surface area (Å²) in [6, 6.07) is 9.74. The SMILES string of the molecule is CNc1ncc(C#Cc2ccc(C3CCN(C)C3=O)cc2)c2cc(NC(=O)C3CC3)ncc12. The number of anilines is 2. The summed E-state index contributed by atoms with van der Waals surface area (Å²) in [5.74, 6) is 7.89. The quantitative estimate of drug-likeness (QED) is 0.609. The fraction of sp³-hybridized carbons (Fsp3) is 0.308. The molecule has 3 aromatic rings. The first-order valence-electron chi connectivity index (χ1n) is 11.2. The van der Waals surface area contributed by atoms with Gasteiger partial charge in [0.1, 0.15) is 11.6 Å². The third-order valence-corrected chi connectivity index (χ3v) is 6.29. The molecule has 0 spiro atoms. The van der Waals surface area contributed by atoms with Gasteiger partial charge in [-0.1, -0.05) is 24.0 Å². The second-order valence-corrected chi connectivity index (χ2v) is 8.62. The lowest BCUT2D eigenvalue weighted by Gasteiger charge is -2.10. The lowest BCUT2D eigenvalue weighted by molar-refractivity contribution is -0.127. The molecule has 7 nitrogen and oxygen atoms in total. The zero-order valence-electron chi connectivity index (χ0n) is 18.7. The number of amides is 2. The molecule has 2 N–H and O–H groups in total. The largest absolute Gasteiger partial charge is 0.373 e. The number of likely N-dealkylation sites (tertiary alicyclic amines) is 1. The van der Waals surface area contributed by atoms with Crippen LogP contribution in [0.1, 0.15) is 41.9 Å². The Bertz CT molecular complexity index is 1300. The van der Waals surface area contributed by atoms with Gasteiger partial charge in [-0.25, -0.2) is 9.97 Å². The minimum absolute atomic E-state index is 0.0180. The predicted octanol–water partition coefficient (Wildman–Crippen LogP) is 3.37. The average molecular weight is 440 g/mol. The number of hydrogen-bond donors (Lipinski definition) is 2. The lowest BCUT2D eigenvalue weighted by Crippen LogP contribution is -2.21. The van der Waals surface area contributed by atoms with Crippen molar-refractivity contribution in [3.63, 3.8) is 0 Å². The minimum atomic E-state index is -0.0592. The van der Waals surface area contributed by atoms with Crippen molar-refractivity contribution in [3.8, 4) is 11.8 Å². The monoisotopic (exact) mass is 439 g/mol. The Kier molecular flexibility index (Phi) is 5.43. The van der Waals surface area contributed by atoms with Gasteiger partial charge >= 0.3 is 0 Å². The normalized spacial score (nSPS) is 17.6. The third-order valence-electron chi connectivity index (χ3n) is 6.29. The van der Waals surface area contributed by atoms with E-state index in [0.717, 1.165) is 53.3 Å². The van der Waals surface area contributed by atoms with Crippen LogP contribution < -0.4 is 10.6 Å². The molecule has 166 valence electrons. The van der Waals surface area contributed by atoms with E-state index < -0.39 is 0 Å². The van der Waals surface area contributed by atoms with E-state index in [4.69, 9.17) is 0 Å². The van der Waals surface area contributed by atoms with Crippen molar-refractivity contribution < 1.29 is 9.59 Å². The van der Waals surface area contributed by atoms with Crippen LogP contribution in [0.3, 0.4) is 0 Å².